The van der Waals surface area contributed by atoms with E-state index in [0.29, 0.717) is 0 Å². The maximum Gasteiger partial charge on any atom is 0.142 e. The van der Waals surface area contributed by atoms with Gasteiger partial charge in [0.15, 0.2) is 0 Å². The van der Waals surface area contributed by atoms with Crippen molar-refractivity contribution in [3.63, 3.8) is 0 Å². The summed E-state index contributed by atoms with van der Waals surface area (Å²) in [5.41, 5.74) is 7.55. The standard InChI is InChI=1S/C22H19BrO/c1-13-10-15(3)20(11-14(13)2)22(24)19-7-5-4-6-17(19)18-9-8-16(23)12-21(18)22/h4-12,24H,1-3H3. The summed E-state index contributed by atoms with van der Waals surface area (Å²) < 4.78 is 0.981. The largest absolute Gasteiger partial charge is 0.376 e. The van der Waals surface area contributed by atoms with Crippen LogP contribution in [0.25, 0.3) is 11.1 Å². The highest BCUT2D eigenvalue weighted by Crippen LogP contribution is 2.52. The number of aryl methyl sites for hydroxylation is 3. The Morgan fingerprint density at radius 1 is 0.708 bits per heavy atom. The molecule has 1 aliphatic carbocycles. The molecule has 1 nitrogen and oxygen atoms in total. The molecule has 24 heavy (non-hydrogen) atoms. The Morgan fingerprint density at radius 2 is 1.38 bits per heavy atom. The van der Waals surface area contributed by atoms with Crippen molar-refractivity contribution < 1.29 is 5.11 Å². The molecule has 0 radical (unpaired) electrons. The van der Waals surface area contributed by atoms with Crippen molar-refractivity contribution >= 4 is 15.9 Å². The Morgan fingerprint density at radius 3 is 2.17 bits per heavy atom. The number of benzene rings is 3. The lowest BCUT2D eigenvalue weighted by molar-refractivity contribution is 0.130. The number of rotatable bonds is 1. The second-order valence-electron chi connectivity index (χ2n) is 6.70. The molecule has 4 rings (SSSR count). The molecule has 1 N–H and O–H groups in total. The quantitative estimate of drug-likeness (QED) is 0.580. The smallest absolute Gasteiger partial charge is 0.142 e. The summed E-state index contributed by atoms with van der Waals surface area (Å²) in [5.74, 6) is 0. The molecule has 0 aliphatic heterocycles. The van der Waals surface area contributed by atoms with E-state index in [4.69, 9.17) is 0 Å². The van der Waals surface area contributed by atoms with Crippen LogP contribution in [0, 0.1) is 20.8 Å². The molecular formula is C22H19BrO. The van der Waals surface area contributed by atoms with E-state index in [1.165, 1.54) is 11.1 Å². The lowest BCUT2D eigenvalue weighted by Gasteiger charge is -2.29. The molecule has 0 aromatic heterocycles. The Labute approximate surface area is 151 Å². The molecule has 3 aromatic carbocycles. The predicted octanol–water partition coefficient (Wildman–Crippen LogP) is 5.64. The van der Waals surface area contributed by atoms with Gasteiger partial charge in [-0.15, -0.1) is 0 Å². The molecule has 0 fully saturated rings. The first-order chi connectivity index (χ1) is 11.4. The van der Waals surface area contributed by atoms with Gasteiger partial charge in [-0.2, -0.15) is 0 Å². The van der Waals surface area contributed by atoms with Crippen molar-refractivity contribution in [2.45, 2.75) is 26.4 Å². The van der Waals surface area contributed by atoms with Crippen molar-refractivity contribution in [2.24, 2.45) is 0 Å². The minimum absolute atomic E-state index is 0.949. The third-order valence-corrected chi connectivity index (χ3v) is 5.70. The fraction of sp³-hybridized carbons (Fsp3) is 0.182. The van der Waals surface area contributed by atoms with Crippen LogP contribution < -0.4 is 0 Å². The molecule has 3 aromatic rings. The number of halogens is 1. The van der Waals surface area contributed by atoms with Gasteiger partial charge in [-0.25, -0.2) is 0 Å². The average molecular weight is 379 g/mol. The molecule has 0 heterocycles. The lowest BCUT2D eigenvalue weighted by atomic mass is 9.81. The third kappa shape index (κ3) is 2.03. The Hall–Kier alpha value is -1.90. The van der Waals surface area contributed by atoms with Crippen LogP contribution in [0.4, 0.5) is 0 Å². The topological polar surface area (TPSA) is 20.2 Å². The highest BCUT2D eigenvalue weighted by molar-refractivity contribution is 9.10. The van der Waals surface area contributed by atoms with Crippen molar-refractivity contribution in [2.75, 3.05) is 0 Å². The van der Waals surface area contributed by atoms with Gasteiger partial charge in [0.05, 0.1) is 0 Å². The third-order valence-electron chi connectivity index (χ3n) is 5.21. The average Bonchev–Trinajstić information content (AvgIpc) is 2.81. The zero-order chi connectivity index (χ0) is 17.1. The number of hydrogen-bond acceptors (Lipinski definition) is 1. The molecule has 0 amide bonds. The zero-order valence-corrected chi connectivity index (χ0v) is 15.6. The summed E-state index contributed by atoms with van der Waals surface area (Å²) in [6, 6.07) is 18.6. The molecule has 1 atom stereocenters. The normalized spacial score (nSPS) is 18.4. The molecule has 1 aliphatic rings. The highest BCUT2D eigenvalue weighted by atomic mass is 79.9. The van der Waals surface area contributed by atoms with Gasteiger partial charge in [0.1, 0.15) is 5.60 Å². The van der Waals surface area contributed by atoms with Crippen molar-refractivity contribution in [3.05, 3.63) is 92.5 Å². The van der Waals surface area contributed by atoms with Crippen LogP contribution in [-0.2, 0) is 5.60 Å². The molecule has 120 valence electrons. The van der Waals surface area contributed by atoms with Crippen LogP contribution in [0.15, 0.2) is 59.1 Å². The van der Waals surface area contributed by atoms with E-state index in [2.05, 4.69) is 61.0 Å². The van der Waals surface area contributed by atoms with E-state index < -0.39 is 5.60 Å². The van der Waals surface area contributed by atoms with Crippen LogP contribution in [0.2, 0.25) is 0 Å². The summed E-state index contributed by atoms with van der Waals surface area (Å²) >= 11 is 3.57. The van der Waals surface area contributed by atoms with E-state index in [1.807, 2.05) is 30.3 Å². The SMILES string of the molecule is Cc1cc(C)c(C2(O)c3ccccc3-c3ccc(Br)cc32)cc1C. The van der Waals surface area contributed by atoms with Gasteiger partial charge in [-0.3, -0.25) is 0 Å². The maximum absolute atomic E-state index is 12.0. The molecular weight excluding hydrogens is 360 g/mol. The summed E-state index contributed by atoms with van der Waals surface area (Å²) in [7, 11) is 0. The molecule has 0 spiro atoms. The van der Waals surface area contributed by atoms with Gasteiger partial charge in [-0.1, -0.05) is 58.4 Å². The second kappa shape index (κ2) is 5.30. The fourth-order valence-corrected chi connectivity index (χ4v) is 4.23. The minimum Gasteiger partial charge on any atom is -0.376 e. The van der Waals surface area contributed by atoms with Crippen molar-refractivity contribution in [1.29, 1.82) is 0 Å². The van der Waals surface area contributed by atoms with Crippen LogP contribution >= 0.6 is 15.9 Å². The lowest BCUT2D eigenvalue weighted by Crippen LogP contribution is -2.27. The van der Waals surface area contributed by atoms with E-state index >= 15 is 0 Å². The van der Waals surface area contributed by atoms with E-state index in [0.717, 1.165) is 37.9 Å². The van der Waals surface area contributed by atoms with Crippen LogP contribution in [0.5, 0.6) is 0 Å². The van der Waals surface area contributed by atoms with Gasteiger partial charge in [0.25, 0.3) is 0 Å². The van der Waals surface area contributed by atoms with Crippen LogP contribution in [0.3, 0.4) is 0 Å². The Balaban J connectivity index is 2.11. The second-order valence-corrected chi connectivity index (χ2v) is 7.61. The summed E-state index contributed by atoms with van der Waals surface area (Å²) in [4.78, 5) is 0. The Bertz CT molecular complexity index is 974. The number of fused-ring (bicyclic) bond motifs is 3. The zero-order valence-electron chi connectivity index (χ0n) is 14.0. The molecule has 0 saturated carbocycles. The molecule has 0 bridgehead atoms. The first kappa shape index (κ1) is 15.6. The highest BCUT2D eigenvalue weighted by Gasteiger charge is 2.43. The van der Waals surface area contributed by atoms with Gasteiger partial charge >= 0.3 is 0 Å². The number of aliphatic hydroxyl groups is 1. The maximum atomic E-state index is 12.0. The van der Waals surface area contributed by atoms with Crippen molar-refractivity contribution in [3.8, 4) is 11.1 Å². The van der Waals surface area contributed by atoms with Crippen LogP contribution in [-0.4, -0.2) is 5.11 Å². The fourth-order valence-electron chi connectivity index (χ4n) is 3.87. The summed E-state index contributed by atoms with van der Waals surface area (Å²) in [5, 5.41) is 12.0. The first-order valence-electron chi connectivity index (χ1n) is 8.13. The van der Waals surface area contributed by atoms with Gasteiger partial charge in [0.2, 0.25) is 0 Å². The van der Waals surface area contributed by atoms with E-state index in [-0.39, 0.29) is 0 Å². The monoisotopic (exact) mass is 378 g/mol. The van der Waals surface area contributed by atoms with Gasteiger partial charge in [-0.05, 0) is 66.3 Å². The van der Waals surface area contributed by atoms with E-state index in [9.17, 15) is 5.11 Å². The van der Waals surface area contributed by atoms with Gasteiger partial charge < -0.3 is 5.11 Å². The predicted molar refractivity (Wildman–Crippen MR) is 102 cm³/mol. The molecule has 1 unspecified atom stereocenters. The summed E-state index contributed by atoms with van der Waals surface area (Å²) in [6.07, 6.45) is 0. The van der Waals surface area contributed by atoms with Crippen molar-refractivity contribution in [1.82, 2.24) is 0 Å². The van der Waals surface area contributed by atoms with Gasteiger partial charge in [0, 0.05) is 15.6 Å². The number of hydrogen-bond donors (Lipinski definition) is 1. The first-order valence-corrected chi connectivity index (χ1v) is 8.93. The van der Waals surface area contributed by atoms with Crippen LogP contribution in [0.1, 0.15) is 33.4 Å². The van der Waals surface area contributed by atoms with E-state index in [1.54, 1.807) is 0 Å². The minimum atomic E-state index is -1.11. The molecule has 0 saturated heterocycles. The Kier molecular flexibility index (Phi) is 3.45. The summed E-state index contributed by atoms with van der Waals surface area (Å²) in [6.45, 7) is 6.30. The molecule has 2 heteroatoms.